The van der Waals surface area contributed by atoms with Crippen LogP contribution in [0.2, 0.25) is 0 Å². The molecular formula is C9H16O2. The van der Waals surface area contributed by atoms with E-state index in [1.807, 2.05) is 19.1 Å². The van der Waals surface area contributed by atoms with Crippen LogP contribution in [0.5, 0.6) is 0 Å². The van der Waals surface area contributed by atoms with E-state index in [4.69, 9.17) is 9.47 Å². The zero-order valence-electron chi connectivity index (χ0n) is 7.41. The van der Waals surface area contributed by atoms with E-state index in [2.05, 4.69) is 13.8 Å². The average molecular weight is 156 g/mol. The van der Waals surface area contributed by atoms with Crippen LogP contribution in [-0.2, 0) is 9.47 Å². The lowest BCUT2D eigenvalue weighted by atomic mass is 10.2. The Hall–Kier alpha value is -0.340. The van der Waals surface area contributed by atoms with Crippen molar-refractivity contribution in [2.24, 2.45) is 5.92 Å². The lowest BCUT2D eigenvalue weighted by molar-refractivity contribution is -0.167. The van der Waals surface area contributed by atoms with Gasteiger partial charge in [-0.15, -0.1) is 0 Å². The van der Waals surface area contributed by atoms with Crippen LogP contribution < -0.4 is 0 Å². The lowest BCUT2D eigenvalue weighted by Gasteiger charge is -2.21. The summed E-state index contributed by atoms with van der Waals surface area (Å²) in [5.41, 5.74) is 0. The standard InChI is InChI=1S/C9H16O2/c1-7(2)9-10-6-4-5-8(3)11-9/h4-5,7-9H,6H2,1-3H3/t8-,9+/m1/s1. The van der Waals surface area contributed by atoms with Gasteiger partial charge in [0, 0.05) is 5.92 Å². The van der Waals surface area contributed by atoms with Crippen molar-refractivity contribution in [1.82, 2.24) is 0 Å². The van der Waals surface area contributed by atoms with Gasteiger partial charge in [-0.1, -0.05) is 26.0 Å². The summed E-state index contributed by atoms with van der Waals surface area (Å²) in [6.07, 6.45) is 4.18. The van der Waals surface area contributed by atoms with E-state index >= 15 is 0 Å². The molecule has 0 spiro atoms. The molecule has 1 heterocycles. The highest BCUT2D eigenvalue weighted by molar-refractivity contribution is 4.89. The van der Waals surface area contributed by atoms with Crippen LogP contribution in [0.4, 0.5) is 0 Å². The van der Waals surface area contributed by atoms with Crippen molar-refractivity contribution in [2.45, 2.75) is 33.2 Å². The van der Waals surface area contributed by atoms with Crippen molar-refractivity contribution < 1.29 is 9.47 Å². The molecule has 0 amide bonds. The van der Waals surface area contributed by atoms with Gasteiger partial charge >= 0.3 is 0 Å². The normalized spacial score (nSPS) is 32.4. The van der Waals surface area contributed by atoms with Gasteiger partial charge in [0.25, 0.3) is 0 Å². The topological polar surface area (TPSA) is 18.5 Å². The van der Waals surface area contributed by atoms with Crippen LogP contribution in [0.3, 0.4) is 0 Å². The molecule has 0 saturated heterocycles. The fraction of sp³-hybridized carbons (Fsp3) is 0.778. The molecule has 2 atom stereocenters. The maximum absolute atomic E-state index is 5.56. The molecule has 11 heavy (non-hydrogen) atoms. The van der Waals surface area contributed by atoms with E-state index < -0.39 is 0 Å². The first kappa shape index (κ1) is 8.75. The molecule has 1 rings (SSSR count). The van der Waals surface area contributed by atoms with Gasteiger partial charge in [0.2, 0.25) is 0 Å². The molecule has 0 aromatic carbocycles. The van der Waals surface area contributed by atoms with Gasteiger partial charge in [0.1, 0.15) is 0 Å². The summed E-state index contributed by atoms with van der Waals surface area (Å²) < 4.78 is 11.0. The molecule has 0 aromatic heterocycles. The van der Waals surface area contributed by atoms with Crippen LogP contribution in [0.15, 0.2) is 12.2 Å². The zero-order valence-corrected chi connectivity index (χ0v) is 7.41. The first-order chi connectivity index (χ1) is 5.20. The molecule has 0 saturated carbocycles. The van der Waals surface area contributed by atoms with Gasteiger partial charge in [-0.3, -0.25) is 0 Å². The summed E-state index contributed by atoms with van der Waals surface area (Å²) in [7, 11) is 0. The Morgan fingerprint density at radius 1 is 1.45 bits per heavy atom. The second-order valence-corrected chi connectivity index (χ2v) is 3.22. The average Bonchev–Trinajstić information content (AvgIpc) is 2.13. The molecule has 0 aromatic rings. The Labute approximate surface area is 68.2 Å². The summed E-state index contributed by atoms with van der Waals surface area (Å²) in [5, 5.41) is 0. The molecule has 0 radical (unpaired) electrons. The van der Waals surface area contributed by atoms with Crippen molar-refractivity contribution in [1.29, 1.82) is 0 Å². The minimum absolute atomic E-state index is 0.0417. The minimum Gasteiger partial charge on any atom is -0.348 e. The van der Waals surface area contributed by atoms with Gasteiger partial charge in [-0.05, 0) is 6.92 Å². The van der Waals surface area contributed by atoms with E-state index in [1.54, 1.807) is 0 Å². The van der Waals surface area contributed by atoms with E-state index in [9.17, 15) is 0 Å². The molecule has 1 aliphatic heterocycles. The number of hydrogen-bond acceptors (Lipinski definition) is 2. The molecule has 0 aliphatic carbocycles. The van der Waals surface area contributed by atoms with Crippen LogP contribution in [-0.4, -0.2) is 19.0 Å². The van der Waals surface area contributed by atoms with Crippen molar-refractivity contribution in [3.8, 4) is 0 Å². The van der Waals surface area contributed by atoms with Crippen molar-refractivity contribution in [3.63, 3.8) is 0 Å². The van der Waals surface area contributed by atoms with Gasteiger partial charge in [-0.25, -0.2) is 0 Å². The zero-order chi connectivity index (χ0) is 8.27. The second kappa shape index (κ2) is 3.88. The molecule has 0 bridgehead atoms. The fourth-order valence-electron chi connectivity index (χ4n) is 1.04. The van der Waals surface area contributed by atoms with E-state index in [1.165, 1.54) is 0 Å². The van der Waals surface area contributed by atoms with Crippen molar-refractivity contribution >= 4 is 0 Å². The van der Waals surface area contributed by atoms with Gasteiger partial charge < -0.3 is 9.47 Å². The maximum Gasteiger partial charge on any atom is 0.161 e. The third kappa shape index (κ3) is 2.64. The van der Waals surface area contributed by atoms with Crippen molar-refractivity contribution in [2.75, 3.05) is 6.61 Å². The Balaban J connectivity index is 2.45. The maximum atomic E-state index is 5.56. The third-order valence-electron chi connectivity index (χ3n) is 1.66. The predicted octanol–water partition coefficient (Wildman–Crippen LogP) is 1.96. The monoisotopic (exact) mass is 156 g/mol. The summed E-state index contributed by atoms with van der Waals surface area (Å²) in [5.74, 6) is 0.428. The van der Waals surface area contributed by atoms with E-state index in [-0.39, 0.29) is 12.4 Å². The Kier molecular flexibility index (Phi) is 3.09. The number of rotatable bonds is 1. The SMILES string of the molecule is CC(C)[C@H]1OCC=C[C@@H](C)O1. The molecule has 0 fully saturated rings. The van der Waals surface area contributed by atoms with Gasteiger partial charge in [0.05, 0.1) is 12.7 Å². The highest BCUT2D eigenvalue weighted by atomic mass is 16.7. The van der Waals surface area contributed by atoms with Crippen LogP contribution >= 0.6 is 0 Å². The van der Waals surface area contributed by atoms with Crippen molar-refractivity contribution in [3.05, 3.63) is 12.2 Å². The minimum atomic E-state index is -0.0417. The fourth-order valence-corrected chi connectivity index (χ4v) is 1.04. The molecular weight excluding hydrogens is 140 g/mol. The lowest BCUT2D eigenvalue weighted by Crippen LogP contribution is -2.25. The van der Waals surface area contributed by atoms with Crippen LogP contribution in [0.1, 0.15) is 20.8 Å². The van der Waals surface area contributed by atoms with Crippen LogP contribution in [0, 0.1) is 5.92 Å². The highest BCUT2D eigenvalue weighted by Crippen LogP contribution is 2.13. The summed E-state index contributed by atoms with van der Waals surface area (Å²) in [6.45, 7) is 6.90. The molecule has 0 N–H and O–H groups in total. The largest absolute Gasteiger partial charge is 0.348 e. The molecule has 0 unspecified atom stereocenters. The number of hydrogen-bond donors (Lipinski definition) is 0. The first-order valence-corrected chi connectivity index (χ1v) is 4.14. The second-order valence-electron chi connectivity index (χ2n) is 3.22. The Bertz CT molecular complexity index is 140. The Morgan fingerprint density at radius 3 is 2.82 bits per heavy atom. The third-order valence-corrected chi connectivity index (χ3v) is 1.66. The smallest absolute Gasteiger partial charge is 0.161 e. The van der Waals surface area contributed by atoms with Gasteiger partial charge in [0.15, 0.2) is 6.29 Å². The Morgan fingerprint density at radius 2 is 2.18 bits per heavy atom. The summed E-state index contributed by atoms with van der Waals surface area (Å²) >= 11 is 0. The van der Waals surface area contributed by atoms with Gasteiger partial charge in [-0.2, -0.15) is 0 Å². The summed E-state index contributed by atoms with van der Waals surface area (Å²) in [4.78, 5) is 0. The molecule has 64 valence electrons. The quantitative estimate of drug-likeness (QED) is 0.540. The summed E-state index contributed by atoms with van der Waals surface area (Å²) in [6, 6.07) is 0. The molecule has 2 nitrogen and oxygen atoms in total. The van der Waals surface area contributed by atoms with Crippen LogP contribution in [0.25, 0.3) is 0 Å². The predicted molar refractivity (Wildman–Crippen MR) is 44.3 cm³/mol. The van der Waals surface area contributed by atoms with E-state index in [0.29, 0.717) is 12.5 Å². The first-order valence-electron chi connectivity index (χ1n) is 4.14. The number of ether oxygens (including phenoxy) is 2. The molecule has 1 aliphatic rings. The van der Waals surface area contributed by atoms with E-state index in [0.717, 1.165) is 0 Å². The molecule has 2 heteroatoms. The highest BCUT2D eigenvalue weighted by Gasteiger charge is 2.17.